The fraction of sp³-hybridized carbons (Fsp3) is 0.533. The van der Waals surface area contributed by atoms with Crippen LogP contribution in [-0.4, -0.2) is 29.3 Å². The molecule has 5 nitrogen and oxygen atoms in total. The number of carboxylic acid groups (broad SMARTS) is 1. The molecule has 0 bridgehead atoms. The molecule has 20 heavy (non-hydrogen) atoms. The Labute approximate surface area is 118 Å². The standard InChI is InChI=1S/C15H21NO4/c1-2-19-11-5-3-6-12(9-11)20-13-7-4-8-15(16,10-13)14(17)18/h3,5-6,9,13H,2,4,7-8,10,16H2,1H3,(H,17,18). The monoisotopic (exact) mass is 279 g/mol. The Morgan fingerprint density at radius 1 is 1.50 bits per heavy atom. The zero-order valence-electron chi connectivity index (χ0n) is 11.7. The zero-order valence-corrected chi connectivity index (χ0v) is 11.7. The Morgan fingerprint density at radius 3 is 2.95 bits per heavy atom. The molecule has 5 heteroatoms. The van der Waals surface area contributed by atoms with E-state index in [0.717, 1.165) is 18.6 Å². The van der Waals surface area contributed by atoms with Crippen LogP contribution >= 0.6 is 0 Å². The average Bonchev–Trinajstić information content (AvgIpc) is 2.39. The predicted octanol–water partition coefficient (Wildman–Crippen LogP) is 2.19. The van der Waals surface area contributed by atoms with Gasteiger partial charge in [-0.15, -0.1) is 0 Å². The summed E-state index contributed by atoms with van der Waals surface area (Å²) in [5.41, 5.74) is 4.75. The minimum atomic E-state index is -1.17. The molecule has 0 aliphatic heterocycles. The summed E-state index contributed by atoms with van der Waals surface area (Å²) in [5.74, 6) is 0.488. The summed E-state index contributed by atoms with van der Waals surface area (Å²) in [7, 11) is 0. The summed E-state index contributed by atoms with van der Waals surface area (Å²) in [6.45, 7) is 2.52. The van der Waals surface area contributed by atoms with Gasteiger partial charge in [0.05, 0.1) is 6.61 Å². The minimum absolute atomic E-state index is 0.165. The van der Waals surface area contributed by atoms with E-state index in [1.165, 1.54) is 0 Å². The van der Waals surface area contributed by atoms with Crippen LogP contribution in [0.5, 0.6) is 11.5 Å². The fourth-order valence-electron chi connectivity index (χ4n) is 2.55. The van der Waals surface area contributed by atoms with E-state index in [1.54, 1.807) is 0 Å². The van der Waals surface area contributed by atoms with Gasteiger partial charge in [0.15, 0.2) is 0 Å². The normalized spacial score (nSPS) is 26.0. The molecule has 2 rings (SSSR count). The first-order chi connectivity index (χ1) is 9.53. The van der Waals surface area contributed by atoms with E-state index >= 15 is 0 Å². The Bertz CT molecular complexity index is 477. The van der Waals surface area contributed by atoms with Crippen molar-refractivity contribution in [3.8, 4) is 11.5 Å². The highest BCUT2D eigenvalue weighted by atomic mass is 16.5. The van der Waals surface area contributed by atoms with Gasteiger partial charge < -0.3 is 20.3 Å². The SMILES string of the molecule is CCOc1cccc(OC2CCCC(N)(C(=O)O)C2)c1. The van der Waals surface area contributed by atoms with Crippen molar-refractivity contribution in [2.24, 2.45) is 5.73 Å². The fourth-order valence-corrected chi connectivity index (χ4v) is 2.55. The number of carbonyl (C=O) groups is 1. The van der Waals surface area contributed by atoms with Crippen molar-refractivity contribution >= 4 is 5.97 Å². The molecule has 1 saturated carbocycles. The minimum Gasteiger partial charge on any atom is -0.494 e. The molecule has 1 aliphatic carbocycles. The van der Waals surface area contributed by atoms with Crippen LogP contribution in [0.3, 0.4) is 0 Å². The number of aliphatic carboxylic acids is 1. The smallest absolute Gasteiger partial charge is 0.323 e. The van der Waals surface area contributed by atoms with Crippen molar-refractivity contribution in [3.05, 3.63) is 24.3 Å². The third kappa shape index (κ3) is 3.42. The number of nitrogens with two attached hydrogens (primary N) is 1. The van der Waals surface area contributed by atoms with Crippen molar-refractivity contribution in [2.75, 3.05) is 6.61 Å². The molecule has 0 saturated heterocycles. The van der Waals surface area contributed by atoms with Crippen LogP contribution in [0, 0.1) is 0 Å². The second-order valence-corrected chi connectivity index (χ2v) is 5.21. The molecule has 1 aromatic rings. The first-order valence-electron chi connectivity index (χ1n) is 6.95. The summed E-state index contributed by atoms with van der Waals surface area (Å²) in [4.78, 5) is 11.2. The third-order valence-corrected chi connectivity index (χ3v) is 3.59. The van der Waals surface area contributed by atoms with Gasteiger partial charge in [0.25, 0.3) is 0 Å². The second-order valence-electron chi connectivity index (χ2n) is 5.21. The van der Waals surface area contributed by atoms with Crippen molar-refractivity contribution < 1.29 is 19.4 Å². The molecular formula is C15H21NO4. The first-order valence-corrected chi connectivity index (χ1v) is 6.95. The van der Waals surface area contributed by atoms with Gasteiger partial charge in [-0.2, -0.15) is 0 Å². The maximum atomic E-state index is 11.2. The first kappa shape index (κ1) is 14.7. The number of ether oxygens (including phenoxy) is 2. The van der Waals surface area contributed by atoms with Crippen molar-refractivity contribution in [2.45, 2.75) is 44.2 Å². The Morgan fingerprint density at radius 2 is 2.25 bits per heavy atom. The molecule has 2 atom stereocenters. The molecule has 1 aromatic carbocycles. The number of rotatable bonds is 5. The number of benzene rings is 1. The maximum Gasteiger partial charge on any atom is 0.323 e. The van der Waals surface area contributed by atoms with Gasteiger partial charge in [0.1, 0.15) is 23.1 Å². The zero-order chi connectivity index (χ0) is 14.6. The van der Waals surface area contributed by atoms with E-state index in [2.05, 4.69) is 0 Å². The molecule has 2 unspecified atom stereocenters. The lowest BCUT2D eigenvalue weighted by atomic mass is 9.81. The predicted molar refractivity (Wildman–Crippen MR) is 75.0 cm³/mol. The van der Waals surface area contributed by atoms with Gasteiger partial charge in [0, 0.05) is 12.5 Å². The van der Waals surface area contributed by atoms with Crippen LogP contribution in [0.4, 0.5) is 0 Å². The van der Waals surface area contributed by atoms with Crippen molar-refractivity contribution in [3.63, 3.8) is 0 Å². The molecule has 0 spiro atoms. The molecule has 0 aromatic heterocycles. The Hall–Kier alpha value is -1.75. The highest BCUT2D eigenvalue weighted by molar-refractivity contribution is 5.78. The Balaban J connectivity index is 2.02. The lowest BCUT2D eigenvalue weighted by molar-refractivity contribution is -0.145. The molecule has 0 amide bonds. The summed E-state index contributed by atoms with van der Waals surface area (Å²) < 4.78 is 11.3. The quantitative estimate of drug-likeness (QED) is 0.863. The summed E-state index contributed by atoms with van der Waals surface area (Å²) in [6.07, 6.45) is 2.26. The average molecular weight is 279 g/mol. The van der Waals surface area contributed by atoms with E-state index in [-0.39, 0.29) is 6.10 Å². The van der Waals surface area contributed by atoms with Gasteiger partial charge in [-0.1, -0.05) is 6.07 Å². The van der Waals surface area contributed by atoms with Crippen LogP contribution in [0.2, 0.25) is 0 Å². The lowest BCUT2D eigenvalue weighted by Crippen LogP contribution is -2.53. The number of hydrogen-bond donors (Lipinski definition) is 2. The van der Waals surface area contributed by atoms with E-state index < -0.39 is 11.5 Å². The van der Waals surface area contributed by atoms with Gasteiger partial charge in [-0.25, -0.2) is 0 Å². The molecule has 3 N–H and O–H groups in total. The summed E-state index contributed by atoms with van der Waals surface area (Å²) in [6, 6.07) is 7.38. The number of hydrogen-bond acceptors (Lipinski definition) is 4. The molecule has 1 aliphatic rings. The van der Waals surface area contributed by atoms with E-state index in [4.69, 9.17) is 15.2 Å². The van der Waals surface area contributed by atoms with E-state index in [0.29, 0.717) is 25.2 Å². The van der Waals surface area contributed by atoms with E-state index in [1.807, 2.05) is 31.2 Å². The van der Waals surface area contributed by atoms with Crippen LogP contribution in [-0.2, 0) is 4.79 Å². The number of carboxylic acids is 1. The molecule has 110 valence electrons. The lowest BCUT2D eigenvalue weighted by Gasteiger charge is -2.34. The van der Waals surface area contributed by atoms with Crippen molar-refractivity contribution in [1.29, 1.82) is 0 Å². The summed E-state index contributed by atoms with van der Waals surface area (Å²) in [5, 5.41) is 9.19. The summed E-state index contributed by atoms with van der Waals surface area (Å²) >= 11 is 0. The topological polar surface area (TPSA) is 81.8 Å². The third-order valence-electron chi connectivity index (χ3n) is 3.59. The van der Waals surface area contributed by atoms with Gasteiger partial charge in [0.2, 0.25) is 0 Å². The van der Waals surface area contributed by atoms with Crippen LogP contribution in [0.25, 0.3) is 0 Å². The second kappa shape index (κ2) is 6.13. The molecule has 0 radical (unpaired) electrons. The van der Waals surface area contributed by atoms with Crippen LogP contribution in [0.1, 0.15) is 32.6 Å². The maximum absolute atomic E-state index is 11.2. The van der Waals surface area contributed by atoms with Gasteiger partial charge >= 0.3 is 5.97 Å². The van der Waals surface area contributed by atoms with Crippen LogP contribution < -0.4 is 15.2 Å². The van der Waals surface area contributed by atoms with E-state index in [9.17, 15) is 9.90 Å². The molecule has 0 heterocycles. The highest BCUT2D eigenvalue weighted by Gasteiger charge is 2.40. The Kier molecular flexibility index (Phi) is 4.49. The molecule has 1 fully saturated rings. The van der Waals surface area contributed by atoms with Gasteiger partial charge in [-0.05, 0) is 38.3 Å². The van der Waals surface area contributed by atoms with Crippen LogP contribution in [0.15, 0.2) is 24.3 Å². The van der Waals surface area contributed by atoms with Crippen molar-refractivity contribution in [1.82, 2.24) is 0 Å². The highest BCUT2D eigenvalue weighted by Crippen LogP contribution is 2.30. The van der Waals surface area contributed by atoms with Gasteiger partial charge in [-0.3, -0.25) is 4.79 Å². The largest absolute Gasteiger partial charge is 0.494 e. The molecular weight excluding hydrogens is 258 g/mol.